The van der Waals surface area contributed by atoms with E-state index in [0.717, 1.165) is 0 Å². The zero-order chi connectivity index (χ0) is 15.4. The second-order valence-electron chi connectivity index (χ2n) is 4.57. The highest BCUT2D eigenvalue weighted by molar-refractivity contribution is 6.05. The number of anilines is 1. The van der Waals surface area contributed by atoms with Crippen LogP contribution in [0.4, 0.5) is 10.1 Å². The minimum Gasteiger partial charge on any atom is -0.355 e. The molecule has 4 nitrogen and oxygen atoms in total. The van der Waals surface area contributed by atoms with Crippen molar-refractivity contribution in [3.8, 4) is 0 Å². The van der Waals surface area contributed by atoms with E-state index < -0.39 is 0 Å². The lowest BCUT2D eigenvalue weighted by atomic mass is 10.1. The van der Waals surface area contributed by atoms with Gasteiger partial charge in [0.05, 0.1) is 0 Å². The van der Waals surface area contributed by atoms with Crippen LogP contribution in [0.15, 0.2) is 42.5 Å². The molecule has 21 heavy (non-hydrogen) atoms. The lowest BCUT2D eigenvalue weighted by Crippen LogP contribution is -2.18. The number of rotatable bonds is 3. The number of amides is 2. The molecule has 0 aliphatic carbocycles. The first kappa shape index (κ1) is 14.7. The van der Waals surface area contributed by atoms with E-state index in [9.17, 15) is 14.0 Å². The Morgan fingerprint density at radius 2 is 1.67 bits per heavy atom. The average molecular weight is 286 g/mol. The molecule has 0 saturated heterocycles. The molecular formula is C16H15FN2O2. The fourth-order valence-electron chi connectivity index (χ4n) is 1.93. The number of halogens is 1. The van der Waals surface area contributed by atoms with E-state index in [2.05, 4.69) is 10.6 Å². The monoisotopic (exact) mass is 286 g/mol. The molecule has 0 fully saturated rings. The lowest BCUT2D eigenvalue weighted by Gasteiger charge is -2.08. The van der Waals surface area contributed by atoms with E-state index in [1.807, 2.05) is 0 Å². The molecule has 0 radical (unpaired) electrons. The van der Waals surface area contributed by atoms with Crippen LogP contribution in [0, 0.1) is 12.7 Å². The van der Waals surface area contributed by atoms with Gasteiger partial charge in [0.25, 0.3) is 11.8 Å². The Kier molecular flexibility index (Phi) is 4.33. The van der Waals surface area contributed by atoms with Crippen LogP contribution in [0.2, 0.25) is 0 Å². The topological polar surface area (TPSA) is 58.2 Å². The quantitative estimate of drug-likeness (QED) is 0.911. The third-order valence-electron chi connectivity index (χ3n) is 3.07. The van der Waals surface area contributed by atoms with Crippen LogP contribution < -0.4 is 10.6 Å². The Bertz CT molecular complexity index is 681. The molecule has 0 aliphatic heterocycles. The van der Waals surface area contributed by atoms with Gasteiger partial charge in [0.2, 0.25) is 0 Å². The van der Waals surface area contributed by atoms with E-state index in [1.54, 1.807) is 38.2 Å². The maximum Gasteiger partial charge on any atom is 0.255 e. The first-order valence-corrected chi connectivity index (χ1v) is 6.41. The van der Waals surface area contributed by atoms with E-state index in [0.29, 0.717) is 22.4 Å². The molecule has 0 unspecified atom stereocenters. The van der Waals surface area contributed by atoms with Crippen molar-refractivity contribution in [2.45, 2.75) is 6.92 Å². The van der Waals surface area contributed by atoms with Crippen LogP contribution in [-0.2, 0) is 0 Å². The second kappa shape index (κ2) is 6.17. The lowest BCUT2D eigenvalue weighted by molar-refractivity contribution is 0.0962. The van der Waals surface area contributed by atoms with Gasteiger partial charge < -0.3 is 10.6 Å². The highest BCUT2D eigenvalue weighted by Crippen LogP contribution is 2.14. The predicted octanol–water partition coefficient (Wildman–Crippen LogP) is 2.75. The van der Waals surface area contributed by atoms with Crippen LogP contribution in [0.3, 0.4) is 0 Å². The first-order chi connectivity index (χ1) is 10.0. The van der Waals surface area contributed by atoms with Crippen molar-refractivity contribution >= 4 is 17.5 Å². The Morgan fingerprint density at radius 3 is 2.24 bits per heavy atom. The fourth-order valence-corrected chi connectivity index (χ4v) is 1.93. The van der Waals surface area contributed by atoms with Crippen molar-refractivity contribution in [1.82, 2.24) is 5.32 Å². The molecule has 0 atom stereocenters. The van der Waals surface area contributed by atoms with Gasteiger partial charge >= 0.3 is 0 Å². The molecular weight excluding hydrogens is 271 g/mol. The Balaban J connectivity index is 2.14. The molecule has 2 rings (SSSR count). The SMILES string of the molecule is CNC(=O)c1ccc(NC(=O)c2ccc(F)cc2C)cc1. The smallest absolute Gasteiger partial charge is 0.255 e. The Morgan fingerprint density at radius 1 is 1.00 bits per heavy atom. The summed E-state index contributed by atoms with van der Waals surface area (Å²) in [5, 5.41) is 5.23. The molecule has 5 heteroatoms. The molecule has 0 saturated carbocycles. The molecule has 2 N–H and O–H groups in total. The Labute approximate surface area is 122 Å². The minimum absolute atomic E-state index is 0.192. The summed E-state index contributed by atoms with van der Waals surface area (Å²) in [6, 6.07) is 10.5. The van der Waals surface area contributed by atoms with Gasteiger partial charge in [-0.15, -0.1) is 0 Å². The highest BCUT2D eigenvalue weighted by atomic mass is 19.1. The zero-order valence-corrected chi connectivity index (χ0v) is 11.7. The van der Waals surface area contributed by atoms with Gasteiger partial charge in [-0.1, -0.05) is 0 Å². The van der Waals surface area contributed by atoms with Gasteiger partial charge in [0, 0.05) is 23.9 Å². The molecule has 2 aromatic rings. The summed E-state index contributed by atoms with van der Waals surface area (Å²) in [5.41, 5.74) is 2.05. The molecule has 2 amide bonds. The third kappa shape index (κ3) is 3.45. The maximum atomic E-state index is 13.0. The van der Waals surface area contributed by atoms with Crippen molar-refractivity contribution in [1.29, 1.82) is 0 Å². The predicted molar refractivity (Wildman–Crippen MR) is 78.9 cm³/mol. The first-order valence-electron chi connectivity index (χ1n) is 6.41. The van der Waals surface area contributed by atoms with Gasteiger partial charge in [0.15, 0.2) is 0 Å². The number of hydrogen-bond acceptors (Lipinski definition) is 2. The van der Waals surface area contributed by atoms with Crippen LogP contribution in [-0.4, -0.2) is 18.9 Å². The highest BCUT2D eigenvalue weighted by Gasteiger charge is 2.10. The van der Waals surface area contributed by atoms with E-state index in [-0.39, 0.29) is 17.6 Å². The molecule has 0 heterocycles. The number of nitrogens with one attached hydrogen (secondary N) is 2. The summed E-state index contributed by atoms with van der Waals surface area (Å²) in [7, 11) is 1.55. The average Bonchev–Trinajstić information content (AvgIpc) is 2.47. The van der Waals surface area contributed by atoms with Crippen LogP contribution in [0.1, 0.15) is 26.3 Å². The molecule has 0 aliphatic rings. The Hall–Kier alpha value is -2.69. The molecule has 0 bridgehead atoms. The zero-order valence-electron chi connectivity index (χ0n) is 11.7. The summed E-state index contributed by atoms with van der Waals surface area (Å²) in [6.07, 6.45) is 0. The molecule has 108 valence electrons. The van der Waals surface area contributed by atoms with E-state index in [1.165, 1.54) is 18.2 Å². The van der Waals surface area contributed by atoms with E-state index in [4.69, 9.17) is 0 Å². The van der Waals surface area contributed by atoms with Crippen molar-refractivity contribution in [3.05, 3.63) is 65.0 Å². The second-order valence-corrected chi connectivity index (χ2v) is 4.57. The minimum atomic E-state index is -0.376. The van der Waals surface area contributed by atoms with Crippen molar-refractivity contribution < 1.29 is 14.0 Å². The van der Waals surface area contributed by atoms with Crippen LogP contribution in [0.25, 0.3) is 0 Å². The number of aryl methyl sites for hydroxylation is 1. The van der Waals surface area contributed by atoms with Gasteiger partial charge in [-0.3, -0.25) is 9.59 Å². The van der Waals surface area contributed by atoms with Gasteiger partial charge in [-0.2, -0.15) is 0 Å². The molecule has 0 spiro atoms. The molecule has 2 aromatic carbocycles. The third-order valence-corrected chi connectivity index (χ3v) is 3.07. The van der Waals surface area contributed by atoms with Gasteiger partial charge in [-0.05, 0) is 55.0 Å². The van der Waals surface area contributed by atoms with Crippen molar-refractivity contribution in [3.63, 3.8) is 0 Å². The van der Waals surface area contributed by atoms with Gasteiger partial charge in [-0.25, -0.2) is 4.39 Å². The summed E-state index contributed by atoms with van der Waals surface area (Å²) in [5.74, 6) is -0.888. The van der Waals surface area contributed by atoms with Crippen LogP contribution >= 0.6 is 0 Å². The van der Waals surface area contributed by atoms with Crippen molar-refractivity contribution in [2.24, 2.45) is 0 Å². The van der Waals surface area contributed by atoms with E-state index >= 15 is 0 Å². The normalized spacial score (nSPS) is 10.0. The summed E-state index contributed by atoms with van der Waals surface area (Å²) in [6.45, 7) is 1.67. The standard InChI is InChI=1S/C16H15FN2O2/c1-10-9-12(17)5-8-14(10)16(21)19-13-6-3-11(4-7-13)15(20)18-2/h3-9H,1-2H3,(H,18,20)(H,19,21). The number of carbonyl (C=O) groups excluding carboxylic acids is 2. The largest absolute Gasteiger partial charge is 0.355 e. The summed E-state index contributed by atoms with van der Waals surface area (Å²) < 4.78 is 13.0. The molecule has 0 aromatic heterocycles. The fraction of sp³-hybridized carbons (Fsp3) is 0.125. The van der Waals surface area contributed by atoms with Crippen molar-refractivity contribution in [2.75, 3.05) is 12.4 Å². The summed E-state index contributed by atoms with van der Waals surface area (Å²) >= 11 is 0. The van der Waals surface area contributed by atoms with Gasteiger partial charge in [0.1, 0.15) is 5.82 Å². The maximum absolute atomic E-state index is 13.0. The summed E-state index contributed by atoms with van der Waals surface area (Å²) in [4.78, 5) is 23.5. The number of carbonyl (C=O) groups is 2. The number of benzene rings is 2. The van der Waals surface area contributed by atoms with Crippen LogP contribution in [0.5, 0.6) is 0 Å². The number of hydrogen-bond donors (Lipinski definition) is 2.